The third kappa shape index (κ3) is 6.75. The second-order valence-corrected chi connectivity index (χ2v) is 5.71. The van der Waals surface area contributed by atoms with Crippen LogP contribution in [0.2, 0.25) is 0 Å². The first-order chi connectivity index (χ1) is 8.88. The molecule has 0 spiro atoms. The van der Waals surface area contributed by atoms with E-state index in [1.807, 2.05) is 0 Å². The molecule has 0 saturated heterocycles. The maximum Gasteiger partial charge on any atom is 0.0727 e. The summed E-state index contributed by atoms with van der Waals surface area (Å²) in [5, 5.41) is 3.46. The summed E-state index contributed by atoms with van der Waals surface area (Å²) in [5.74, 6) is 0. The van der Waals surface area contributed by atoms with E-state index in [1.165, 1.54) is 70.6 Å². The minimum absolute atomic E-state index is 0.460. The van der Waals surface area contributed by atoms with Crippen LogP contribution in [0.1, 0.15) is 77.6 Å². The highest BCUT2D eigenvalue weighted by molar-refractivity contribution is 4.78. The molecule has 1 rings (SSSR count). The molecule has 0 heterocycles. The molecule has 0 radical (unpaired) electrons. The van der Waals surface area contributed by atoms with Crippen molar-refractivity contribution in [2.24, 2.45) is 0 Å². The lowest BCUT2D eigenvalue weighted by Gasteiger charge is -2.29. The van der Waals surface area contributed by atoms with E-state index in [0.29, 0.717) is 12.1 Å². The fraction of sp³-hybridized carbons (Fsp3) is 1.00. The number of hydrogen-bond donors (Lipinski definition) is 1. The van der Waals surface area contributed by atoms with Crippen molar-refractivity contribution in [3.05, 3.63) is 0 Å². The average Bonchev–Trinajstić information content (AvgIpc) is 2.36. The van der Waals surface area contributed by atoms with Gasteiger partial charge < -0.3 is 10.1 Å². The van der Waals surface area contributed by atoms with E-state index in [9.17, 15) is 0 Å². The predicted molar refractivity (Wildman–Crippen MR) is 79.0 cm³/mol. The Labute approximate surface area is 114 Å². The molecule has 0 aromatic carbocycles. The minimum Gasteiger partial charge on any atom is -0.377 e. The van der Waals surface area contributed by atoms with Gasteiger partial charge in [-0.15, -0.1) is 0 Å². The highest BCUT2D eigenvalue weighted by Gasteiger charge is 2.21. The summed E-state index contributed by atoms with van der Waals surface area (Å²) in [6.07, 6.45) is 15.2. The molecule has 0 amide bonds. The number of unbranched alkanes of at least 4 members (excludes halogenated alkanes) is 4. The summed E-state index contributed by atoms with van der Waals surface area (Å²) >= 11 is 0. The van der Waals surface area contributed by atoms with Crippen LogP contribution in [-0.4, -0.2) is 25.8 Å². The summed E-state index contributed by atoms with van der Waals surface area (Å²) in [7, 11) is 2.09. The zero-order chi connectivity index (χ0) is 13.1. The minimum atomic E-state index is 0.460. The molecule has 0 aliphatic heterocycles. The topological polar surface area (TPSA) is 21.3 Å². The largest absolute Gasteiger partial charge is 0.377 e. The maximum atomic E-state index is 6.14. The Bertz CT molecular complexity index is 184. The molecule has 1 fully saturated rings. The van der Waals surface area contributed by atoms with Gasteiger partial charge in [-0.05, 0) is 26.3 Å². The summed E-state index contributed by atoms with van der Waals surface area (Å²) in [5.41, 5.74) is 0. The molecule has 2 nitrogen and oxygen atoms in total. The second kappa shape index (κ2) is 10.8. The predicted octanol–water partition coefficient (Wildman–Crippen LogP) is 4.28. The van der Waals surface area contributed by atoms with Crippen LogP contribution >= 0.6 is 0 Å². The molecule has 0 aromatic rings. The normalized spacial score (nSPS) is 25.7. The lowest BCUT2D eigenvalue weighted by Crippen LogP contribution is -2.40. The Balaban J connectivity index is 2.15. The van der Waals surface area contributed by atoms with Gasteiger partial charge in [-0.1, -0.05) is 58.3 Å². The van der Waals surface area contributed by atoms with Crippen molar-refractivity contribution in [2.45, 2.75) is 89.7 Å². The van der Waals surface area contributed by atoms with E-state index in [4.69, 9.17) is 4.74 Å². The van der Waals surface area contributed by atoms with E-state index in [0.717, 1.165) is 6.61 Å². The van der Waals surface area contributed by atoms with Gasteiger partial charge in [0, 0.05) is 12.6 Å². The van der Waals surface area contributed by atoms with Crippen LogP contribution in [0, 0.1) is 0 Å². The second-order valence-electron chi connectivity index (χ2n) is 5.71. The monoisotopic (exact) mass is 255 g/mol. The van der Waals surface area contributed by atoms with Crippen molar-refractivity contribution in [2.75, 3.05) is 13.7 Å². The van der Waals surface area contributed by atoms with Gasteiger partial charge >= 0.3 is 0 Å². The third-order valence-corrected chi connectivity index (χ3v) is 4.15. The van der Waals surface area contributed by atoms with Crippen LogP contribution in [0.3, 0.4) is 0 Å². The summed E-state index contributed by atoms with van der Waals surface area (Å²) in [4.78, 5) is 0. The summed E-state index contributed by atoms with van der Waals surface area (Å²) in [6.45, 7) is 3.23. The Hall–Kier alpha value is -0.0800. The average molecular weight is 255 g/mol. The summed E-state index contributed by atoms with van der Waals surface area (Å²) in [6, 6.07) is 0.584. The molecular formula is C16H33NO. The van der Waals surface area contributed by atoms with E-state index in [-0.39, 0.29) is 0 Å². The number of likely N-dealkylation sites (N-methyl/N-ethyl adjacent to an activating group) is 1. The smallest absolute Gasteiger partial charge is 0.0727 e. The molecule has 1 aliphatic rings. The fourth-order valence-electron chi connectivity index (χ4n) is 2.92. The van der Waals surface area contributed by atoms with Gasteiger partial charge in [-0.2, -0.15) is 0 Å². The van der Waals surface area contributed by atoms with Crippen LogP contribution < -0.4 is 5.32 Å². The van der Waals surface area contributed by atoms with Crippen molar-refractivity contribution in [1.82, 2.24) is 5.32 Å². The van der Waals surface area contributed by atoms with Crippen molar-refractivity contribution in [3.8, 4) is 0 Å². The van der Waals surface area contributed by atoms with Gasteiger partial charge in [0.25, 0.3) is 0 Å². The molecule has 2 unspecified atom stereocenters. The van der Waals surface area contributed by atoms with Crippen molar-refractivity contribution >= 4 is 0 Å². The van der Waals surface area contributed by atoms with E-state index in [2.05, 4.69) is 19.3 Å². The number of nitrogens with one attached hydrogen (secondary N) is 1. The number of hydrogen-bond acceptors (Lipinski definition) is 2. The molecule has 1 N–H and O–H groups in total. The van der Waals surface area contributed by atoms with E-state index in [1.54, 1.807) is 0 Å². The first-order valence-electron chi connectivity index (χ1n) is 8.17. The zero-order valence-electron chi connectivity index (χ0n) is 12.5. The number of ether oxygens (including phenoxy) is 1. The zero-order valence-corrected chi connectivity index (χ0v) is 12.5. The molecule has 2 atom stereocenters. The highest BCUT2D eigenvalue weighted by Crippen LogP contribution is 2.20. The third-order valence-electron chi connectivity index (χ3n) is 4.15. The molecule has 0 bridgehead atoms. The Kier molecular flexibility index (Phi) is 9.59. The Morgan fingerprint density at radius 1 is 0.944 bits per heavy atom. The van der Waals surface area contributed by atoms with Gasteiger partial charge in [-0.25, -0.2) is 0 Å². The van der Waals surface area contributed by atoms with Crippen molar-refractivity contribution in [1.29, 1.82) is 0 Å². The van der Waals surface area contributed by atoms with Crippen LogP contribution in [0.25, 0.3) is 0 Å². The maximum absolute atomic E-state index is 6.14. The van der Waals surface area contributed by atoms with Gasteiger partial charge in [0.15, 0.2) is 0 Å². The van der Waals surface area contributed by atoms with Gasteiger partial charge in [0.05, 0.1) is 6.10 Å². The first kappa shape index (κ1) is 16.0. The van der Waals surface area contributed by atoms with Crippen LogP contribution in [-0.2, 0) is 4.74 Å². The quantitative estimate of drug-likeness (QED) is 0.653. The molecule has 1 saturated carbocycles. The van der Waals surface area contributed by atoms with Crippen molar-refractivity contribution < 1.29 is 4.74 Å². The molecule has 1 aliphatic carbocycles. The number of rotatable bonds is 8. The highest BCUT2D eigenvalue weighted by atomic mass is 16.5. The lowest BCUT2D eigenvalue weighted by atomic mass is 9.94. The summed E-state index contributed by atoms with van der Waals surface area (Å²) < 4.78 is 6.14. The SMILES string of the molecule is CCCCCCCOC1CCCCCCC1NC. The lowest BCUT2D eigenvalue weighted by molar-refractivity contribution is 0.0133. The Morgan fingerprint density at radius 3 is 2.39 bits per heavy atom. The fourth-order valence-corrected chi connectivity index (χ4v) is 2.92. The van der Waals surface area contributed by atoms with E-state index >= 15 is 0 Å². The van der Waals surface area contributed by atoms with Gasteiger partial charge in [0.2, 0.25) is 0 Å². The van der Waals surface area contributed by atoms with E-state index < -0.39 is 0 Å². The van der Waals surface area contributed by atoms with Crippen LogP contribution in [0.5, 0.6) is 0 Å². The molecular weight excluding hydrogens is 222 g/mol. The van der Waals surface area contributed by atoms with Crippen LogP contribution in [0.15, 0.2) is 0 Å². The molecule has 18 heavy (non-hydrogen) atoms. The standard InChI is InChI=1S/C16H33NO/c1-3-4-5-8-11-14-18-16-13-10-7-6-9-12-15(16)17-2/h15-17H,3-14H2,1-2H3. The Morgan fingerprint density at radius 2 is 1.67 bits per heavy atom. The van der Waals surface area contributed by atoms with Crippen LogP contribution in [0.4, 0.5) is 0 Å². The molecule has 108 valence electrons. The molecule has 2 heteroatoms. The molecule has 0 aromatic heterocycles. The van der Waals surface area contributed by atoms with Gasteiger partial charge in [-0.3, -0.25) is 0 Å². The van der Waals surface area contributed by atoms with Gasteiger partial charge in [0.1, 0.15) is 0 Å². The first-order valence-corrected chi connectivity index (χ1v) is 8.17. The van der Waals surface area contributed by atoms with Crippen molar-refractivity contribution in [3.63, 3.8) is 0 Å².